The second-order valence-electron chi connectivity index (χ2n) is 4.41. The van der Waals surface area contributed by atoms with Crippen molar-refractivity contribution >= 4 is 22.9 Å². The van der Waals surface area contributed by atoms with Crippen LogP contribution in [0.25, 0.3) is 0 Å². The highest BCUT2D eigenvalue weighted by atomic mass is 127. The summed E-state index contributed by atoms with van der Waals surface area (Å²) in [5.41, 5.74) is 1.27. The van der Waals surface area contributed by atoms with Gasteiger partial charge in [0.05, 0.1) is 0 Å². The zero-order chi connectivity index (χ0) is 12.1. The van der Waals surface area contributed by atoms with Gasteiger partial charge >= 0.3 is 0 Å². The summed E-state index contributed by atoms with van der Waals surface area (Å²) in [5, 5.41) is 0. The molecule has 3 nitrogen and oxygen atoms in total. The number of nitrogens with zero attached hydrogens (tertiary/aromatic N) is 2. The SMILES string of the molecule is Cc1ccc(OCCN2CCN(I)CC2)cc1. The van der Waals surface area contributed by atoms with Gasteiger partial charge in [-0.2, -0.15) is 0 Å². The molecule has 1 saturated heterocycles. The quantitative estimate of drug-likeness (QED) is 0.615. The van der Waals surface area contributed by atoms with Crippen molar-refractivity contribution < 1.29 is 4.74 Å². The molecule has 2 rings (SSSR count). The second-order valence-corrected chi connectivity index (χ2v) is 5.78. The van der Waals surface area contributed by atoms with Crippen molar-refractivity contribution in [2.24, 2.45) is 0 Å². The Kier molecular flexibility index (Phi) is 5.06. The first kappa shape index (κ1) is 13.1. The maximum absolute atomic E-state index is 5.73. The van der Waals surface area contributed by atoms with Gasteiger partial charge in [0, 0.05) is 55.6 Å². The van der Waals surface area contributed by atoms with E-state index in [-0.39, 0.29) is 0 Å². The predicted octanol–water partition coefficient (Wildman–Crippen LogP) is 2.34. The monoisotopic (exact) mass is 346 g/mol. The first-order valence-electron chi connectivity index (χ1n) is 6.06. The van der Waals surface area contributed by atoms with Crippen LogP contribution in [-0.4, -0.2) is 47.3 Å². The summed E-state index contributed by atoms with van der Waals surface area (Å²) >= 11 is 2.39. The van der Waals surface area contributed by atoms with Gasteiger partial charge in [-0.15, -0.1) is 0 Å². The van der Waals surface area contributed by atoms with Crippen LogP contribution in [0, 0.1) is 6.92 Å². The van der Waals surface area contributed by atoms with Crippen LogP contribution in [0.2, 0.25) is 0 Å². The molecule has 0 aliphatic carbocycles. The van der Waals surface area contributed by atoms with Crippen molar-refractivity contribution in [1.82, 2.24) is 8.01 Å². The Labute approximate surface area is 117 Å². The normalized spacial score (nSPS) is 18.2. The Morgan fingerprint density at radius 1 is 1.12 bits per heavy atom. The van der Waals surface area contributed by atoms with Crippen LogP contribution in [0.1, 0.15) is 5.56 Å². The molecule has 0 amide bonds. The van der Waals surface area contributed by atoms with Gasteiger partial charge < -0.3 is 4.74 Å². The van der Waals surface area contributed by atoms with Crippen LogP contribution in [0.15, 0.2) is 24.3 Å². The van der Waals surface area contributed by atoms with Crippen LogP contribution in [-0.2, 0) is 0 Å². The highest BCUT2D eigenvalue weighted by Gasteiger charge is 2.13. The standard InChI is InChI=1S/C13H19IN2O/c1-12-2-4-13(5-3-12)17-11-10-15-6-8-16(14)9-7-15/h2-5H,6-11H2,1H3. The lowest BCUT2D eigenvalue weighted by Crippen LogP contribution is -2.43. The van der Waals surface area contributed by atoms with E-state index in [1.165, 1.54) is 5.56 Å². The van der Waals surface area contributed by atoms with E-state index in [1.807, 2.05) is 12.1 Å². The lowest BCUT2D eigenvalue weighted by molar-refractivity contribution is 0.170. The van der Waals surface area contributed by atoms with Crippen LogP contribution in [0.3, 0.4) is 0 Å². The number of ether oxygens (including phenoxy) is 1. The second kappa shape index (κ2) is 6.56. The Morgan fingerprint density at radius 3 is 2.41 bits per heavy atom. The van der Waals surface area contributed by atoms with Crippen LogP contribution in [0.4, 0.5) is 0 Å². The van der Waals surface area contributed by atoms with Gasteiger partial charge in [-0.25, -0.2) is 3.11 Å². The minimum Gasteiger partial charge on any atom is -0.492 e. The summed E-state index contributed by atoms with van der Waals surface area (Å²) in [6.45, 7) is 8.52. The summed E-state index contributed by atoms with van der Waals surface area (Å²) in [7, 11) is 0. The summed E-state index contributed by atoms with van der Waals surface area (Å²) in [5.74, 6) is 0.975. The summed E-state index contributed by atoms with van der Waals surface area (Å²) in [4.78, 5) is 2.46. The van der Waals surface area contributed by atoms with E-state index >= 15 is 0 Å². The van der Waals surface area contributed by atoms with Gasteiger partial charge in [-0.05, 0) is 19.1 Å². The third kappa shape index (κ3) is 4.44. The van der Waals surface area contributed by atoms with E-state index in [1.54, 1.807) is 0 Å². The van der Waals surface area contributed by atoms with Crippen LogP contribution in [0.5, 0.6) is 5.75 Å². The molecule has 0 atom stereocenters. The van der Waals surface area contributed by atoms with Crippen molar-refractivity contribution in [2.75, 3.05) is 39.3 Å². The van der Waals surface area contributed by atoms with E-state index in [4.69, 9.17) is 4.74 Å². The van der Waals surface area contributed by atoms with Gasteiger partial charge in [0.15, 0.2) is 0 Å². The number of aryl methyl sites for hydroxylation is 1. The Bertz CT molecular complexity index is 334. The molecule has 1 fully saturated rings. The zero-order valence-electron chi connectivity index (χ0n) is 10.2. The fourth-order valence-corrected chi connectivity index (χ4v) is 2.31. The molecular formula is C13H19IN2O. The molecular weight excluding hydrogens is 327 g/mol. The fraction of sp³-hybridized carbons (Fsp3) is 0.538. The van der Waals surface area contributed by atoms with Crippen LogP contribution < -0.4 is 4.74 Å². The Hall–Kier alpha value is -0.330. The molecule has 1 aliphatic heterocycles. The maximum atomic E-state index is 5.73. The molecule has 0 bridgehead atoms. The van der Waals surface area contributed by atoms with Crippen molar-refractivity contribution in [3.8, 4) is 5.75 Å². The average molecular weight is 346 g/mol. The van der Waals surface area contributed by atoms with E-state index in [2.05, 4.69) is 49.9 Å². The van der Waals surface area contributed by atoms with Gasteiger partial charge in [-0.1, -0.05) is 17.7 Å². The number of hydrogen-bond donors (Lipinski definition) is 0. The predicted molar refractivity (Wildman–Crippen MR) is 78.7 cm³/mol. The maximum Gasteiger partial charge on any atom is 0.119 e. The number of halogens is 1. The lowest BCUT2D eigenvalue weighted by atomic mass is 10.2. The molecule has 0 radical (unpaired) electrons. The number of hydrogen-bond acceptors (Lipinski definition) is 3. The zero-order valence-corrected chi connectivity index (χ0v) is 12.4. The molecule has 0 saturated carbocycles. The van der Waals surface area contributed by atoms with Crippen molar-refractivity contribution in [3.05, 3.63) is 29.8 Å². The molecule has 1 heterocycles. The van der Waals surface area contributed by atoms with E-state index < -0.39 is 0 Å². The van der Waals surface area contributed by atoms with Gasteiger partial charge in [0.25, 0.3) is 0 Å². The van der Waals surface area contributed by atoms with Crippen molar-refractivity contribution in [1.29, 1.82) is 0 Å². The molecule has 1 aromatic carbocycles. The lowest BCUT2D eigenvalue weighted by Gasteiger charge is -2.30. The molecule has 0 unspecified atom stereocenters. The van der Waals surface area contributed by atoms with Crippen LogP contribution >= 0.6 is 22.9 Å². The Balaban J connectivity index is 1.67. The van der Waals surface area contributed by atoms with Crippen molar-refractivity contribution in [2.45, 2.75) is 6.92 Å². The summed E-state index contributed by atoms with van der Waals surface area (Å²) in [6, 6.07) is 8.25. The average Bonchev–Trinajstić information content (AvgIpc) is 2.34. The molecule has 1 aromatic rings. The number of piperazine rings is 1. The highest BCUT2D eigenvalue weighted by molar-refractivity contribution is 14.1. The Morgan fingerprint density at radius 2 is 1.76 bits per heavy atom. The summed E-state index contributed by atoms with van der Waals surface area (Å²) < 4.78 is 8.08. The first-order valence-corrected chi connectivity index (χ1v) is 7.03. The topological polar surface area (TPSA) is 15.7 Å². The van der Waals surface area contributed by atoms with E-state index in [9.17, 15) is 0 Å². The highest BCUT2D eigenvalue weighted by Crippen LogP contribution is 2.11. The largest absolute Gasteiger partial charge is 0.492 e. The molecule has 17 heavy (non-hydrogen) atoms. The third-order valence-corrected chi connectivity index (χ3v) is 3.98. The molecule has 0 N–H and O–H groups in total. The van der Waals surface area contributed by atoms with Gasteiger partial charge in [0.1, 0.15) is 12.4 Å². The molecule has 1 aliphatic rings. The fourth-order valence-electron chi connectivity index (χ4n) is 1.87. The van der Waals surface area contributed by atoms with Gasteiger partial charge in [0.2, 0.25) is 0 Å². The first-order chi connectivity index (χ1) is 8.24. The number of benzene rings is 1. The number of rotatable bonds is 4. The minimum atomic E-state index is 0.782. The third-order valence-electron chi connectivity index (χ3n) is 3.01. The van der Waals surface area contributed by atoms with Crippen molar-refractivity contribution in [3.63, 3.8) is 0 Å². The van der Waals surface area contributed by atoms with Gasteiger partial charge in [-0.3, -0.25) is 4.90 Å². The summed E-state index contributed by atoms with van der Waals surface area (Å²) in [6.07, 6.45) is 0. The molecule has 0 aromatic heterocycles. The van der Waals surface area contributed by atoms with E-state index in [0.29, 0.717) is 0 Å². The minimum absolute atomic E-state index is 0.782. The van der Waals surface area contributed by atoms with E-state index in [0.717, 1.165) is 45.1 Å². The molecule has 0 spiro atoms. The molecule has 94 valence electrons. The molecule has 4 heteroatoms. The smallest absolute Gasteiger partial charge is 0.119 e.